The van der Waals surface area contributed by atoms with Crippen LogP contribution in [0.1, 0.15) is 37.9 Å². The van der Waals surface area contributed by atoms with Crippen LogP contribution >= 0.6 is 0 Å². The van der Waals surface area contributed by atoms with Gasteiger partial charge in [-0.1, -0.05) is 12.8 Å². The van der Waals surface area contributed by atoms with Gasteiger partial charge in [0.05, 0.1) is 12.5 Å². The van der Waals surface area contributed by atoms with Crippen LogP contribution in [0.5, 0.6) is 0 Å². The lowest BCUT2D eigenvalue weighted by atomic mass is 9.78. The molecule has 1 aromatic heterocycles. The van der Waals surface area contributed by atoms with Gasteiger partial charge in [-0.3, -0.25) is 4.79 Å². The highest BCUT2D eigenvalue weighted by molar-refractivity contribution is 5.79. The zero-order valence-corrected chi connectivity index (χ0v) is 12.1. The Hall–Kier alpha value is -1.60. The molecule has 22 heavy (non-hydrogen) atoms. The largest absolute Gasteiger partial charge is 0.392 e. The monoisotopic (exact) mass is 316 g/mol. The van der Waals surface area contributed by atoms with Crippen molar-refractivity contribution in [3.8, 4) is 0 Å². The molecule has 3 atom stereocenters. The Morgan fingerprint density at radius 3 is 2.82 bits per heavy atom. The Morgan fingerprint density at radius 2 is 2.05 bits per heavy atom. The number of halogens is 3. The first-order valence-electron chi connectivity index (χ1n) is 7.69. The molecule has 1 saturated carbocycles. The minimum Gasteiger partial charge on any atom is -0.351 e. The van der Waals surface area contributed by atoms with Crippen LogP contribution in [0.2, 0.25) is 0 Å². The molecular formula is C14H19F3N4O. The lowest BCUT2D eigenvalue weighted by Gasteiger charge is -2.33. The summed E-state index contributed by atoms with van der Waals surface area (Å²) in [6.45, 7) is 0.477. The molecule has 3 unspecified atom stereocenters. The average molecular weight is 316 g/mol. The maximum atomic E-state index is 13.1. The van der Waals surface area contributed by atoms with Crippen LogP contribution in [0.25, 0.3) is 0 Å². The van der Waals surface area contributed by atoms with Gasteiger partial charge >= 0.3 is 6.18 Å². The van der Waals surface area contributed by atoms with Crippen LogP contribution < -0.4 is 5.32 Å². The van der Waals surface area contributed by atoms with E-state index in [9.17, 15) is 18.0 Å². The topological polar surface area (TPSA) is 59.8 Å². The molecule has 1 aromatic rings. The van der Waals surface area contributed by atoms with E-state index in [0.717, 1.165) is 5.82 Å². The number of aromatic nitrogens is 3. The Bertz CT molecular complexity index is 542. The van der Waals surface area contributed by atoms with E-state index in [2.05, 4.69) is 15.4 Å². The van der Waals surface area contributed by atoms with E-state index in [-0.39, 0.29) is 12.5 Å². The van der Waals surface area contributed by atoms with Crippen LogP contribution in [-0.2, 0) is 17.8 Å². The number of rotatable bonds is 2. The molecule has 3 rings (SSSR count). The Kier molecular flexibility index (Phi) is 4.10. The molecule has 122 valence electrons. The summed E-state index contributed by atoms with van der Waals surface area (Å²) in [6.07, 6.45) is 0.125. The molecular weight excluding hydrogens is 297 g/mol. The second-order valence-electron chi connectivity index (χ2n) is 6.14. The van der Waals surface area contributed by atoms with Crippen LogP contribution in [0.4, 0.5) is 13.2 Å². The maximum Gasteiger partial charge on any atom is 0.392 e. The minimum atomic E-state index is -4.30. The van der Waals surface area contributed by atoms with Crippen molar-refractivity contribution in [2.24, 2.45) is 11.8 Å². The number of nitrogens with zero attached hydrogens (tertiary/aromatic N) is 3. The van der Waals surface area contributed by atoms with Crippen LogP contribution in [0.3, 0.4) is 0 Å². The summed E-state index contributed by atoms with van der Waals surface area (Å²) in [6, 6.07) is -0.169. The lowest BCUT2D eigenvalue weighted by molar-refractivity contribution is -0.198. The van der Waals surface area contributed by atoms with Gasteiger partial charge in [-0.25, -0.2) is 9.67 Å². The van der Waals surface area contributed by atoms with Gasteiger partial charge in [0.15, 0.2) is 0 Å². The lowest BCUT2D eigenvalue weighted by Crippen LogP contribution is -2.48. The number of hydrogen-bond acceptors (Lipinski definition) is 3. The van der Waals surface area contributed by atoms with Crippen molar-refractivity contribution in [1.82, 2.24) is 20.1 Å². The summed E-state index contributed by atoms with van der Waals surface area (Å²) in [5, 5.41) is 6.85. The maximum absolute atomic E-state index is 13.1. The number of fused-ring (bicyclic) bond motifs is 1. The van der Waals surface area contributed by atoms with E-state index in [0.29, 0.717) is 38.6 Å². The normalized spacial score (nSPS) is 29.0. The summed E-state index contributed by atoms with van der Waals surface area (Å²) in [5.74, 6) is -2.07. The molecule has 0 spiro atoms. The number of aryl methyl sites for hydroxylation is 1. The zero-order chi connectivity index (χ0) is 15.7. The van der Waals surface area contributed by atoms with Gasteiger partial charge in [-0.05, 0) is 19.3 Å². The van der Waals surface area contributed by atoms with Crippen molar-refractivity contribution in [2.75, 3.05) is 0 Å². The van der Waals surface area contributed by atoms with Crippen molar-refractivity contribution in [3.05, 3.63) is 12.2 Å². The molecule has 1 fully saturated rings. The fraction of sp³-hybridized carbons (Fsp3) is 0.786. The van der Waals surface area contributed by atoms with Crippen molar-refractivity contribution in [3.63, 3.8) is 0 Å². The van der Waals surface area contributed by atoms with Gasteiger partial charge < -0.3 is 5.32 Å². The Balaban J connectivity index is 1.64. The third kappa shape index (κ3) is 3.10. The summed E-state index contributed by atoms with van der Waals surface area (Å²) in [4.78, 5) is 16.4. The molecule has 0 saturated heterocycles. The van der Waals surface area contributed by atoms with E-state index >= 15 is 0 Å². The standard InChI is InChI=1S/C14H19F3N4O/c15-14(16,17)11-4-2-1-3-10(11)13(22)20-9-5-6-12-18-8-19-21(12)7-9/h8-11H,1-7H2,(H,20,22). The van der Waals surface area contributed by atoms with Crippen molar-refractivity contribution < 1.29 is 18.0 Å². The molecule has 1 amide bonds. The molecule has 8 heteroatoms. The number of amides is 1. The van der Waals surface area contributed by atoms with Crippen LogP contribution in [0, 0.1) is 11.8 Å². The van der Waals surface area contributed by atoms with E-state index in [4.69, 9.17) is 0 Å². The highest BCUT2D eigenvalue weighted by atomic mass is 19.4. The van der Waals surface area contributed by atoms with E-state index < -0.39 is 23.9 Å². The summed E-state index contributed by atoms with van der Waals surface area (Å²) < 4.78 is 41.0. The predicted octanol–water partition coefficient (Wildman–Crippen LogP) is 2.08. The molecule has 0 radical (unpaired) electrons. The SMILES string of the molecule is O=C(NC1CCc2ncnn2C1)C1CCCCC1C(F)(F)F. The highest BCUT2D eigenvalue weighted by Gasteiger charge is 2.48. The second-order valence-corrected chi connectivity index (χ2v) is 6.14. The third-order valence-electron chi connectivity index (χ3n) is 4.68. The molecule has 2 aliphatic rings. The van der Waals surface area contributed by atoms with Crippen molar-refractivity contribution in [2.45, 2.75) is 57.3 Å². The van der Waals surface area contributed by atoms with E-state index in [1.54, 1.807) is 4.68 Å². The van der Waals surface area contributed by atoms with Crippen LogP contribution in [-0.4, -0.2) is 32.9 Å². The smallest absolute Gasteiger partial charge is 0.351 e. The molecule has 1 aliphatic carbocycles. The zero-order valence-electron chi connectivity index (χ0n) is 12.1. The number of alkyl halides is 3. The molecule has 2 heterocycles. The van der Waals surface area contributed by atoms with Gasteiger partial charge in [-0.2, -0.15) is 18.3 Å². The Labute approximate surface area is 126 Å². The number of carbonyl (C=O) groups excluding carboxylic acids is 1. The van der Waals surface area contributed by atoms with Gasteiger partial charge in [0.1, 0.15) is 12.2 Å². The summed E-state index contributed by atoms with van der Waals surface area (Å²) >= 11 is 0. The first-order chi connectivity index (χ1) is 10.4. The Morgan fingerprint density at radius 1 is 1.27 bits per heavy atom. The minimum absolute atomic E-state index is 0.0550. The quantitative estimate of drug-likeness (QED) is 0.909. The van der Waals surface area contributed by atoms with Gasteiger partial charge in [-0.15, -0.1) is 0 Å². The number of nitrogens with one attached hydrogen (secondary N) is 1. The first kappa shape index (κ1) is 15.3. The van der Waals surface area contributed by atoms with Crippen molar-refractivity contribution >= 4 is 5.91 Å². The van der Waals surface area contributed by atoms with E-state index in [1.807, 2.05) is 0 Å². The second kappa shape index (κ2) is 5.89. The highest BCUT2D eigenvalue weighted by Crippen LogP contribution is 2.41. The number of carbonyl (C=O) groups is 1. The average Bonchev–Trinajstić information content (AvgIpc) is 2.94. The molecule has 0 bridgehead atoms. The summed E-state index contributed by atoms with van der Waals surface area (Å²) in [5.41, 5.74) is 0. The number of hydrogen-bond donors (Lipinski definition) is 1. The van der Waals surface area contributed by atoms with Gasteiger partial charge in [0.2, 0.25) is 5.91 Å². The molecule has 5 nitrogen and oxygen atoms in total. The third-order valence-corrected chi connectivity index (χ3v) is 4.68. The van der Waals surface area contributed by atoms with Crippen LogP contribution in [0.15, 0.2) is 6.33 Å². The van der Waals surface area contributed by atoms with Crippen molar-refractivity contribution in [1.29, 1.82) is 0 Å². The predicted molar refractivity (Wildman–Crippen MR) is 71.8 cm³/mol. The first-order valence-corrected chi connectivity index (χ1v) is 7.69. The fourth-order valence-electron chi connectivity index (χ4n) is 3.50. The van der Waals surface area contributed by atoms with Gasteiger partial charge in [0, 0.05) is 18.4 Å². The van der Waals surface area contributed by atoms with E-state index in [1.165, 1.54) is 6.33 Å². The van der Waals surface area contributed by atoms with Gasteiger partial charge in [0.25, 0.3) is 0 Å². The molecule has 1 aliphatic heterocycles. The summed E-state index contributed by atoms with van der Waals surface area (Å²) in [7, 11) is 0. The molecule has 1 N–H and O–H groups in total. The fourth-order valence-corrected chi connectivity index (χ4v) is 3.50. The molecule has 0 aromatic carbocycles.